The average molecular weight is 218 g/mol. The number of hydrogen-bond donors (Lipinski definition) is 0. The van der Waals surface area contributed by atoms with Crippen LogP contribution in [0.4, 0.5) is 0 Å². The van der Waals surface area contributed by atoms with Gasteiger partial charge in [0.05, 0.1) is 11.0 Å². The number of benzene rings is 1. The van der Waals surface area contributed by atoms with Gasteiger partial charge in [-0.15, -0.1) is 0 Å². The highest BCUT2D eigenvalue weighted by Gasteiger charge is 2.16. The standard InChI is InChI=1S/C13H18N2O/c1-13(2,3)9-15-11-8-6-5-7-10(11)14(4)12(15)16/h5-8H,9H2,1-4H3. The van der Waals surface area contributed by atoms with E-state index < -0.39 is 0 Å². The van der Waals surface area contributed by atoms with E-state index in [1.165, 1.54) is 0 Å². The number of aryl methyl sites for hydroxylation is 1. The number of nitrogens with zero attached hydrogens (tertiary/aromatic N) is 2. The fourth-order valence-electron chi connectivity index (χ4n) is 1.99. The van der Waals surface area contributed by atoms with Crippen LogP contribution in [0, 0.1) is 5.41 Å². The molecule has 0 amide bonds. The molecule has 0 bridgehead atoms. The first-order valence-electron chi connectivity index (χ1n) is 5.54. The molecule has 1 heterocycles. The zero-order chi connectivity index (χ0) is 11.9. The molecule has 3 heteroatoms. The third-order valence-electron chi connectivity index (χ3n) is 2.68. The Morgan fingerprint density at radius 1 is 1.12 bits per heavy atom. The molecule has 0 saturated carbocycles. The Morgan fingerprint density at radius 3 is 2.25 bits per heavy atom. The molecular weight excluding hydrogens is 200 g/mol. The summed E-state index contributed by atoms with van der Waals surface area (Å²) in [6.45, 7) is 7.16. The first-order valence-corrected chi connectivity index (χ1v) is 5.54. The molecule has 16 heavy (non-hydrogen) atoms. The van der Waals surface area contributed by atoms with Gasteiger partial charge in [0.2, 0.25) is 0 Å². The van der Waals surface area contributed by atoms with E-state index in [4.69, 9.17) is 0 Å². The first kappa shape index (κ1) is 11.0. The van der Waals surface area contributed by atoms with Crippen molar-refractivity contribution < 1.29 is 0 Å². The van der Waals surface area contributed by atoms with Gasteiger partial charge in [0.1, 0.15) is 0 Å². The van der Waals surface area contributed by atoms with Gasteiger partial charge < -0.3 is 0 Å². The highest BCUT2D eigenvalue weighted by Crippen LogP contribution is 2.19. The molecule has 2 rings (SSSR count). The molecule has 0 unspecified atom stereocenters. The summed E-state index contributed by atoms with van der Waals surface area (Å²) in [6, 6.07) is 7.92. The minimum absolute atomic E-state index is 0.0659. The van der Waals surface area contributed by atoms with Gasteiger partial charge in [-0.25, -0.2) is 4.79 Å². The Labute approximate surface area is 95.3 Å². The van der Waals surface area contributed by atoms with Gasteiger partial charge >= 0.3 is 5.69 Å². The molecule has 86 valence electrons. The van der Waals surface area contributed by atoms with Crippen molar-refractivity contribution in [2.45, 2.75) is 27.3 Å². The van der Waals surface area contributed by atoms with Gasteiger partial charge in [-0.1, -0.05) is 32.9 Å². The zero-order valence-corrected chi connectivity index (χ0v) is 10.3. The number of fused-ring (bicyclic) bond motifs is 1. The lowest BCUT2D eigenvalue weighted by atomic mass is 9.97. The van der Waals surface area contributed by atoms with Crippen LogP contribution in [0.1, 0.15) is 20.8 Å². The van der Waals surface area contributed by atoms with Crippen molar-refractivity contribution in [1.82, 2.24) is 9.13 Å². The predicted molar refractivity (Wildman–Crippen MR) is 66.6 cm³/mol. The lowest BCUT2D eigenvalue weighted by Crippen LogP contribution is -2.27. The normalized spacial score (nSPS) is 12.2. The summed E-state index contributed by atoms with van der Waals surface area (Å²) >= 11 is 0. The van der Waals surface area contributed by atoms with Gasteiger partial charge in [0, 0.05) is 13.6 Å². The number of rotatable bonds is 1. The van der Waals surface area contributed by atoms with Gasteiger partial charge in [-0.3, -0.25) is 9.13 Å². The number of aromatic nitrogens is 2. The second-order valence-corrected chi connectivity index (χ2v) is 5.48. The van der Waals surface area contributed by atoms with Crippen molar-refractivity contribution in [3.05, 3.63) is 34.7 Å². The van der Waals surface area contributed by atoms with E-state index in [1.54, 1.807) is 4.57 Å². The molecule has 1 aromatic heterocycles. The van der Waals surface area contributed by atoms with Crippen molar-refractivity contribution in [3.63, 3.8) is 0 Å². The van der Waals surface area contributed by atoms with Crippen LogP contribution >= 0.6 is 0 Å². The van der Waals surface area contributed by atoms with Crippen LogP contribution in [0.5, 0.6) is 0 Å². The lowest BCUT2D eigenvalue weighted by Gasteiger charge is -2.18. The third kappa shape index (κ3) is 1.77. The molecule has 1 aromatic carbocycles. The van der Waals surface area contributed by atoms with Crippen molar-refractivity contribution in [2.24, 2.45) is 12.5 Å². The zero-order valence-electron chi connectivity index (χ0n) is 10.3. The Kier molecular flexibility index (Phi) is 2.41. The molecule has 0 N–H and O–H groups in total. The SMILES string of the molecule is Cn1c(=O)n(CC(C)(C)C)c2ccccc21. The Morgan fingerprint density at radius 2 is 1.69 bits per heavy atom. The highest BCUT2D eigenvalue weighted by atomic mass is 16.1. The maximum atomic E-state index is 12.1. The van der Waals surface area contributed by atoms with Crippen LogP contribution in [0.25, 0.3) is 11.0 Å². The van der Waals surface area contributed by atoms with Crippen LogP contribution in [-0.4, -0.2) is 9.13 Å². The second kappa shape index (κ2) is 3.51. The summed E-state index contributed by atoms with van der Waals surface area (Å²) in [5.41, 5.74) is 2.19. The lowest BCUT2D eigenvalue weighted by molar-refractivity contribution is 0.342. The summed E-state index contributed by atoms with van der Waals surface area (Å²) in [6.07, 6.45) is 0. The maximum absolute atomic E-state index is 12.1. The molecule has 0 aliphatic carbocycles. The summed E-state index contributed by atoms with van der Waals surface area (Å²) in [5, 5.41) is 0. The van der Waals surface area contributed by atoms with E-state index in [2.05, 4.69) is 20.8 Å². The smallest absolute Gasteiger partial charge is 0.295 e. The fraction of sp³-hybridized carbons (Fsp3) is 0.462. The highest BCUT2D eigenvalue weighted by molar-refractivity contribution is 5.75. The fourth-order valence-corrected chi connectivity index (χ4v) is 1.99. The van der Waals surface area contributed by atoms with E-state index >= 15 is 0 Å². The molecule has 0 saturated heterocycles. The average Bonchev–Trinajstić information content (AvgIpc) is 2.43. The van der Waals surface area contributed by atoms with Crippen LogP contribution in [0.15, 0.2) is 29.1 Å². The van der Waals surface area contributed by atoms with E-state index in [-0.39, 0.29) is 11.1 Å². The summed E-state index contributed by atoms with van der Waals surface area (Å²) in [5.74, 6) is 0. The Hall–Kier alpha value is -1.51. The van der Waals surface area contributed by atoms with Crippen molar-refractivity contribution in [1.29, 1.82) is 0 Å². The molecule has 0 spiro atoms. The first-order chi connectivity index (χ1) is 7.40. The van der Waals surface area contributed by atoms with Crippen LogP contribution in [0.3, 0.4) is 0 Å². The topological polar surface area (TPSA) is 26.9 Å². The molecule has 2 aromatic rings. The number of imidazole rings is 1. The second-order valence-electron chi connectivity index (χ2n) is 5.48. The third-order valence-corrected chi connectivity index (χ3v) is 2.68. The van der Waals surface area contributed by atoms with Crippen LogP contribution < -0.4 is 5.69 Å². The molecule has 0 radical (unpaired) electrons. The Bertz CT molecular complexity index is 570. The molecular formula is C13H18N2O. The molecule has 0 aliphatic heterocycles. The number of para-hydroxylation sites is 2. The quantitative estimate of drug-likeness (QED) is 0.722. The van der Waals surface area contributed by atoms with Crippen molar-refractivity contribution in [2.75, 3.05) is 0 Å². The van der Waals surface area contributed by atoms with Gasteiger partial charge in [-0.05, 0) is 17.5 Å². The van der Waals surface area contributed by atoms with Crippen LogP contribution in [0.2, 0.25) is 0 Å². The predicted octanol–water partition coefficient (Wildman–Crippen LogP) is 2.39. The minimum atomic E-state index is 0.0659. The Balaban J connectivity index is 2.70. The molecule has 0 atom stereocenters. The van der Waals surface area contributed by atoms with Crippen LogP contribution in [-0.2, 0) is 13.6 Å². The number of hydrogen-bond acceptors (Lipinski definition) is 1. The summed E-state index contributed by atoms with van der Waals surface area (Å²) < 4.78 is 3.57. The van der Waals surface area contributed by atoms with Gasteiger partial charge in [0.25, 0.3) is 0 Å². The molecule has 3 nitrogen and oxygen atoms in total. The van der Waals surface area contributed by atoms with Gasteiger partial charge in [-0.2, -0.15) is 0 Å². The van der Waals surface area contributed by atoms with E-state index in [9.17, 15) is 4.79 Å². The minimum Gasteiger partial charge on any atom is -0.295 e. The van der Waals surface area contributed by atoms with Gasteiger partial charge in [0.15, 0.2) is 0 Å². The van der Waals surface area contributed by atoms with E-state index in [0.29, 0.717) is 0 Å². The van der Waals surface area contributed by atoms with Crippen molar-refractivity contribution >= 4 is 11.0 Å². The van der Waals surface area contributed by atoms with Crippen molar-refractivity contribution in [3.8, 4) is 0 Å². The maximum Gasteiger partial charge on any atom is 0.328 e. The van der Waals surface area contributed by atoms with E-state index in [1.807, 2.05) is 35.9 Å². The largest absolute Gasteiger partial charge is 0.328 e. The monoisotopic (exact) mass is 218 g/mol. The summed E-state index contributed by atoms with van der Waals surface area (Å²) in [7, 11) is 1.82. The summed E-state index contributed by atoms with van der Waals surface area (Å²) in [4.78, 5) is 12.1. The molecule has 0 fully saturated rings. The molecule has 0 aliphatic rings. The van der Waals surface area contributed by atoms with E-state index in [0.717, 1.165) is 17.6 Å².